The summed E-state index contributed by atoms with van der Waals surface area (Å²) < 4.78 is 29.1. The Morgan fingerprint density at radius 2 is 2.06 bits per heavy atom. The third-order valence-electron chi connectivity index (χ3n) is 3.12. The fraction of sp³-hybridized carbons (Fsp3) is 0.231. The fourth-order valence-corrected chi connectivity index (χ4v) is 4.03. The summed E-state index contributed by atoms with van der Waals surface area (Å²) in [5, 5.41) is 3.22. The number of hydrogen-bond acceptors (Lipinski definition) is 4. The molecule has 94 valence electrons. The lowest BCUT2D eigenvalue weighted by Crippen LogP contribution is -2.22. The van der Waals surface area contributed by atoms with Crippen LogP contribution in [-0.2, 0) is 16.4 Å². The van der Waals surface area contributed by atoms with E-state index in [1.54, 1.807) is 18.4 Å². The number of benzene rings is 1. The maximum absolute atomic E-state index is 12.0. The molecule has 1 aliphatic heterocycles. The van der Waals surface area contributed by atoms with Crippen molar-refractivity contribution < 1.29 is 12.8 Å². The number of sulfone groups is 1. The topological polar surface area (TPSA) is 59.3 Å². The van der Waals surface area contributed by atoms with Crippen molar-refractivity contribution >= 4 is 9.84 Å². The zero-order valence-electron chi connectivity index (χ0n) is 9.67. The molecule has 5 heteroatoms. The van der Waals surface area contributed by atoms with E-state index in [0.717, 1.165) is 11.3 Å². The highest BCUT2D eigenvalue weighted by Gasteiger charge is 2.33. The summed E-state index contributed by atoms with van der Waals surface area (Å²) in [4.78, 5) is 0.446. The molecule has 0 spiro atoms. The first-order chi connectivity index (χ1) is 8.67. The Morgan fingerprint density at radius 1 is 1.22 bits per heavy atom. The summed E-state index contributed by atoms with van der Waals surface area (Å²) in [6.45, 7) is 0.529. The van der Waals surface area contributed by atoms with Crippen molar-refractivity contribution in [3.8, 4) is 0 Å². The van der Waals surface area contributed by atoms with Crippen molar-refractivity contribution in [1.29, 1.82) is 0 Å². The summed E-state index contributed by atoms with van der Waals surface area (Å²) in [6.07, 6.45) is 1.61. The van der Waals surface area contributed by atoms with Gasteiger partial charge in [0.15, 0.2) is 9.84 Å². The lowest BCUT2D eigenvalue weighted by atomic mass is 10.1. The van der Waals surface area contributed by atoms with E-state index in [4.69, 9.17) is 4.42 Å². The number of hydrogen-bond donors (Lipinski definition) is 1. The standard InChI is InChI=1S/C13H13NO3S/c15-18(16)9-12(11-5-1-2-6-13(11)18)14-8-10-4-3-7-17-10/h1-7,12,14H,8-9H2. The number of fused-ring (bicyclic) bond motifs is 1. The molecule has 0 radical (unpaired) electrons. The molecular weight excluding hydrogens is 250 g/mol. The summed E-state index contributed by atoms with van der Waals surface area (Å²) in [7, 11) is -3.14. The van der Waals surface area contributed by atoms with E-state index in [1.165, 1.54) is 0 Å². The van der Waals surface area contributed by atoms with E-state index in [0.29, 0.717) is 11.4 Å². The van der Waals surface area contributed by atoms with Gasteiger partial charge in [-0.2, -0.15) is 0 Å². The monoisotopic (exact) mass is 263 g/mol. The predicted octanol–water partition coefficient (Wildman–Crippen LogP) is 1.90. The highest BCUT2D eigenvalue weighted by molar-refractivity contribution is 7.91. The van der Waals surface area contributed by atoms with Crippen LogP contribution in [0.3, 0.4) is 0 Å². The van der Waals surface area contributed by atoms with Crippen LogP contribution in [0.25, 0.3) is 0 Å². The quantitative estimate of drug-likeness (QED) is 0.918. The molecular formula is C13H13NO3S. The summed E-state index contributed by atoms with van der Waals surface area (Å²) in [5.74, 6) is 0.921. The van der Waals surface area contributed by atoms with Crippen LogP contribution in [0.1, 0.15) is 17.4 Å². The largest absolute Gasteiger partial charge is 0.468 e. The maximum atomic E-state index is 12.0. The Hall–Kier alpha value is -1.59. The van der Waals surface area contributed by atoms with Gasteiger partial charge >= 0.3 is 0 Å². The van der Waals surface area contributed by atoms with Crippen molar-refractivity contribution in [2.45, 2.75) is 17.5 Å². The van der Waals surface area contributed by atoms with E-state index in [1.807, 2.05) is 24.3 Å². The third kappa shape index (κ3) is 1.95. The van der Waals surface area contributed by atoms with Gasteiger partial charge in [-0.05, 0) is 23.8 Å². The predicted molar refractivity (Wildman–Crippen MR) is 66.8 cm³/mol. The first-order valence-electron chi connectivity index (χ1n) is 5.74. The third-order valence-corrected chi connectivity index (χ3v) is 4.93. The van der Waals surface area contributed by atoms with Crippen molar-refractivity contribution in [3.63, 3.8) is 0 Å². The van der Waals surface area contributed by atoms with Crippen molar-refractivity contribution in [1.82, 2.24) is 5.32 Å². The van der Waals surface area contributed by atoms with Gasteiger partial charge in [-0.25, -0.2) is 8.42 Å². The Balaban J connectivity index is 1.83. The molecule has 1 unspecified atom stereocenters. The molecule has 18 heavy (non-hydrogen) atoms. The van der Waals surface area contributed by atoms with Gasteiger partial charge in [0.1, 0.15) is 5.76 Å². The Labute approximate surface area is 106 Å². The van der Waals surface area contributed by atoms with Crippen molar-refractivity contribution in [3.05, 3.63) is 54.0 Å². The molecule has 1 atom stereocenters. The van der Waals surface area contributed by atoms with E-state index >= 15 is 0 Å². The highest BCUT2D eigenvalue weighted by Crippen LogP contribution is 2.33. The molecule has 0 bridgehead atoms. The van der Waals surface area contributed by atoms with Gasteiger partial charge in [-0.3, -0.25) is 0 Å². The van der Waals surface area contributed by atoms with Crippen LogP contribution in [-0.4, -0.2) is 14.2 Å². The van der Waals surface area contributed by atoms with Gasteiger partial charge in [-0.1, -0.05) is 18.2 Å². The molecule has 0 amide bonds. The van der Waals surface area contributed by atoms with Gasteiger partial charge in [0.05, 0.1) is 23.5 Å². The van der Waals surface area contributed by atoms with Crippen LogP contribution in [0.15, 0.2) is 52.0 Å². The normalized spacial score (nSPS) is 20.8. The first kappa shape index (κ1) is 11.5. The summed E-state index contributed by atoms with van der Waals surface area (Å²) >= 11 is 0. The molecule has 1 N–H and O–H groups in total. The molecule has 1 aliphatic rings. The van der Waals surface area contributed by atoms with Crippen LogP contribution in [0, 0.1) is 0 Å². The van der Waals surface area contributed by atoms with Crippen LogP contribution >= 0.6 is 0 Å². The Kier molecular flexibility index (Phi) is 2.72. The zero-order chi connectivity index (χ0) is 12.6. The molecule has 0 saturated heterocycles. The first-order valence-corrected chi connectivity index (χ1v) is 7.39. The van der Waals surface area contributed by atoms with Gasteiger partial charge in [0.2, 0.25) is 0 Å². The van der Waals surface area contributed by atoms with E-state index in [-0.39, 0.29) is 11.8 Å². The molecule has 3 rings (SSSR count). The van der Waals surface area contributed by atoms with Gasteiger partial charge in [0, 0.05) is 6.04 Å². The second-order valence-electron chi connectivity index (χ2n) is 4.33. The smallest absolute Gasteiger partial charge is 0.180 e. The second kappa shape index (κ2) is 4.26. The van der Waals surface area contributed by atoms with Crippen LogP contribution < -0.4 is 5.32 Å². The molecule has 1 aromatic heterocycles. The van der Waals surface area contributed by atoms with Crippen LogP contribution in [0.5, 0.6) is 0 Å². The second-order valence-corrected chi connectivity index (χ2v) is 6.33. The Morgan fingerprint density at radius 3 is 2.83 bits per heavy atom. The molecule has 4 nitrogen and oxygen atoms in total. The number of nitrogens with one attached hydrogen (secondary N) is 1. The molecule has 1 aromatic carbocycles. The minimum atomic E-state index is -3.14. The zero-order valence-corrected chi connectivity index (χ0v) is 10.5. The maximum Gasteiger partial charge on any atom is 0.180 e. The number of furan rings is 1. The molecule has 2 heterocycles. The van der Waals surface area contributed by atoms with Crippen molar-refractivity contribution in [2.75, 3.05) is 5.75 Å². The summed E-state index contributed by atoms with van der Waals surface area (Å²) in [5.41, 5.74) is 0.851. The number of rotatable bonds is 3. The average Bonchev–Trinajstić information content (AvgIpc) is 2.95. The van der Waals surface area contributed by atoms with E-state index in [9.17, 15) is 8.42 Å². The minimum Gasteiger partial charge on any atom is -0.468 e. The van der Waals surface area contributed by atoms with Gasteiger partial charge < -0.3 is 9.73 Å². The van der Waals surface area contributed by atoms with Crippen LogP contribution in [0.4, 0.5) is 0 Å². The SMILES string of the molecule is O=S1(=O)CC(NCc2ccco2)c2ccccc21. The molecule has 2 aromatic rings. The van der Waals surface area contributed by atoms with Gasteiger partial charge in [0.25, 0.3) is 0 Å². The molecule has 0 aliphatic carbocycles. The Bertz CT molecular complexity index is 647. The average molecular weight is 263 g/mol. The molecule has 0 fully saturated rings. The lowest BCUT2D eigenvalue weighted by Gasteiger charge is -2.10. The van der Waals surface area contributed by atoms with E-state index in [2.05, 4.69) is 5.32 Å². The fourth-order valence-electron chi connectivity index (χ4n) is 2.26. The lowest BCUT2D eigenvalue weighted by molar-refractivity contribution is 0.461. The summed E-state index contributed by atoms with van der Waals surface area (Å²) in [6, 6.07) is 10.7. The van der Waals surface area contributed by atoms with Crippen LogP contribution in [0.2, 0.25) is 0 Å². The molecule has 0 saturated carbocycles. The highest BCUT2D eigenvalue weighted by atomic mass is 32.2. The van der Waals surface area contributed by atoms with Crippen molar-refractivity contribution in [2.24, 2.45) is 0 Å². The van der Waals surface area contributed by atoms with Gasteiger partial charge in [-0.15, -0.1) is 0 Å². The minimum absolute atomic E-state index is 0.118. The van der Waals surface area contributed by atoms with E-state index < -0.39 is 9.84 Å².